The summed E-state index contributed by atoms with van der Waals surface area (Å²) in [6, 6.07) is 12.5. The molecule has 2 saturated heterocycles. The van der Waals surface area contributed by atoms with E-state index in [1.807, 2.05) is 12.1 Å². The van der Waals surface area contributed by atoms with Crippen LogP contribution in [0.25, 0.3) is 0 Å². The Kier molecular flexibility index (Phi) is 5.73. The van der Waals surface area contributed by atoms with Gasteiger partial charge in [-0.3, -0.25) is 9.69 Å². The Bertz CT molecular complexity index is 898. The normalized spacial score (nSPS) is 22.8. The van der Waals surface area contributed by atoms with E-state index in [-0.39, 0.29) is 24.2 Å². The van der Waals surface area contributed by atoms with Crippen LogP contribution in [-0.2, 0) is 24.1 Å². The molecule has 0 aliphatic carbocycles. The zero-order valence-electron chi connectivity index (χ0n) is 16.6. The monoisotopic (exact) mass is 418 g/mol. The van der Waals surface area contributed by atoms with E-state index in [0.717, 1.165) is 50.2 Å². The first-order valence-electron chi connectivity index (χ1n) is 10.3. The van der Waals surface area contributed by atoms with E-state index < -0.39 is 11.7 Å². The van der Waals surface area contributed by atoms with Crippen molar-refractivity contribution in [2.45, 2.75) is 44.6 Å². The summed E-state index contributed by atoms with van der Waals surface area (Å²) in [5.74, 6) is 0.591. The Hall–Kier alpha value is -2.54. The molecule has 0 aromatic heterocycles. The van der Waals surface area contributed by atoms with Crippen LogP contribution in [0.1, 0.15) is 36.0 Å². The number of carbonyl (C=O) groups excluding carboxylic acids is 1. The molecule has 0 unspecified atom stereocenters. The number of carbonyl (C=O) groups is 1. The van der Waals surface area contributed by atoms with E-state index in [0.29, 0.717) is 17.9 Å². The third-order valence-electron chi connectivity index (χ3n) is 6.18. The SMILES string of the molecule is O=C1CC[C@@H]2CN(Cc3ccc(O)cc3)CC[C@@H]2N1Cc1cccc(C(F)(F)F)c1. The molecule has 2 fully saturated rings. The van der Waals surface area contributed by atoms with E-state index in [1.54, 1.807) is 23.1 Å². The maximum Gasteiger partial charge on any atom is 0.416 e. The fourth-order valence-electron chi connectivity index (χ4n) is 4.68. The molecule has 4 rings (SSSR count). The summed E-state index contributed by atoms with van der Waals surface area (Å²) in [6.07, 6.45) is -2.32. The molecule has 0 bridgehead atoms. The zero-order chi connectivity index (χ0) is 21.3. The standard InChI is InChI=1S/C23H25F3N2O2/c24-23(25,26)19-3-1-2-17(12-19)14-28-21-10-11-27(15-18(21)6-9-22(28)30)13-16-4-7-20(29)8-5-16/h1-5,7-8,12,18,21,29H,6,9-11,13-15H2/t18-,21+/m1/s1. The molecule has 2 aliphatic rings. The number of piperidine rings is 2. The molecule has 0 radical (unpaired) electrons. The third-order valence-corrected chi connectivity index (χ3v) is 6.18. The number of alkyl halides is 3. The van der Waals surface area contributed by atoms with Crippen molar-refractivity contribution in [3.8, 4) is 5.75 Å². The van der Waals surface area contributed by atoms with Gasteiger partial charge in [0, 0.05) is 38.6 Å². The minimum atomic E-state index is -4.38. The first-order valence-corrected chi connectivity index (χ1v) is 10.3. The van der Waals surface area contributed by atoms with Crippen molar-refractivity contribution in [3.05, 3.63) is 65.2 Å². The Labute approximate surface area is 173 Å². The predicted molar refractivity (Wildman–Crippen MR) is 107 cm³/mol. The van der Waals surface area contributed by atoms with Gasteiger partial charge in [-0.05, 0) is 54.2 Å². The van der Waals surface area contributed by atoms with Crippen LogP contribution < -0.4 is 0 Å². The summed E-state index contributed by atoms with van der Waals surface area (Å²) in [4.78, 5) is 16.8. The number of hydrogen-bond donors (Lipinski definition) is 1. The van der Waals surface area contributed by atoms with Crippen LogP contribution in [0, 0.1) is 5.92 Å². The van der Waals surface area contributed by atoms with Crippen molar-refractivity contribution in [2.75, 3.05) is 13.1 Å². The van der Waals surface area contributed by atoms with Gasteiger partial charge >= 0.3 is 6.18 Å². The summed E-state index contributed by atoms with van der Waals surface area (Å²) in [7, 11) is 0. The number of phenols is 1. The maximum atomic E-state index is 13.0. The molecule has 7 heteroatoms. The van der Waals surface area contributed by atoms with E-state index in [2.05, 4.69) is 4.90 Å². The summed E-state index contributed by atoms with van der Waals surface area (Å²) in [6.45, 7) is 2.69. The summed E-state index contributed by atoms with van der Waals surface area (Å²) >= 11 is 0. The second-order valence-electron chi connectivity index (χ2n) is 8.28. The van der Waals surface area contributed by atoms with Crippen molar-refractivity contribution >= 4 is 5.91 Å². The minimum Gasteiger partial charge on any atom is -0.508 e. The molecule has 0 saturated carbocycles. The lowest BCUT2D eigenvalue weighted by Gasteiger charge is -2.47. The summed E-state index contributed by atoms with van der Waals surface area (Å²) in [5.41, 5.74) is 0.967. The second-order valence-corrected chi connectivity index (χ2v) is 8.28. The van der Waals surface area contributed by atoms with Crippen LogP contribution in [0.4, 0.5) is 13.2 Å². The molecular formula is C23H25F3N2O2. The molecule has 2 heterocycles. The topological polar surface area (TPSA) is 43.8 Å². The lowest BCUT2D eigenvalue weighted by Crippen LogP contribution is -2.55. The minimum absolute atomic E-state index is 0.0284. The van der Waals surface area contributed by atoms with Crippen molar-refractivity contribution in [1.82, 2.24) is 9.80 Å². The molecule has 2 aromatic rings. The van der Waals surface area contributed by atoms with Gasteiger partial charge < -0.3 is 10.0 Å². The molecule has 30 heavy (non-hydrogen) atoms. The highest BCUT2D eigenvalue weighted by Gasteiger charge is 2.39. The average Bonchev–Trinajstić information content (AvgIpc) is 2.71. The van der Waals surface area contributed by atoms with Crippen LogP contribution in [0.3, 0.4) is 0 Å². The van der Waals surface area contributed by atoms with Gasteiger partial charge in [-0.15, -0.1) is 0 Å². The number of rotatable bonds is 4. The predicted octanol–water partition coefficient (Wildman–Crippen LogP) is 4.42. The Morgan fingerprint density at radius 1 is 1.00 bits per heavy atom. The number of hydrogen-bond acceptors (Lipinski definition) is 3. The van der Waals surface area contributed by atoms with E-state index >= 15 is 0 Å². The fourth-order valence-corrected chi connectivity index (χ4v) is 4.68. The smallest absolute Gasteiger partial charge is 0.416 e. The Balaban J connectivity index is 1.44. The first kappa shape index (κ1) is 20.7. The first-order chi connectivity index (χ1) is 14.3. The number of fused-ring (bicyclic) bond motifs is 1. The van der Waals surface area contributed by atoms with Crippen LogP contribution >= 0.6 is 0 Å². The van der Waals surface area contributed by atoms with Gasteiger partial charge in [0.25, 0.3) is 0 Å². The van der Waals surface area contributed by atoms with Gasteiger partial charge in [0.2, 0.25) is 5.91 Å². The van der Waals surface area contributed by atoms with Crippen LogP contribution in [0.2, 0.25) is 0 Å². The summed E-state index contributed by atoms with van der Waals surface area (Å²) < 4.78 is 39.1. The van der Waals surface area contributed by atoms with Crippen LogP contribution in [0.15, 0.2) is 48.5 Å². The van der Waals surface area contributed by atoms with Gasteiger partial charge in [-0.25, -0.2) is 0 Å². The number of aromatic hydroxyl groups is 1. The largest absolute Gasteiger partial charge is 0.508 e. The fraction of sp³-hybridized carbons (Fsp3) is 0.435. The molecule has 4 nitrogen and oxygen atoms in total. The third kappa shape index (κ3) is 4.61. The lowest BCUT2D eigenvalue weighted by molar-refractivity contribution is -0.142. The molecule has 2 atom stereocenters. The quantitative estimate of drug-likeness (QED) is 0.799. The number of likely N-dealkylation sites (tertiary alicyclic amines) is 2. The number of halogens is 3. The van der Waals surface area contributed by atoms with E-state index in [1.165, 1.54) is 6.07 Å². The number of nitrogens with zero attached hydrogens (tertiary/aromatic N) is 2. The van der Waals surface area contributed by atoms with E-state index in [4.69, 9.17) is 0 Å². The van der Waals surface area contributed by atoms with Crippen molar-refractivity contribution in [3.63, 3.8) is 0 Å². The van der Waals surface area contributed by atoms with E-state index in [9.17, 15) is 23.1 Å². The summed E-state index contributed by atoms with van der Waals surface area (Å²) in [5, 5.41) is 9.44. The lowest BCUT2D eigenvalue weighted by atomic mass is 9.83. The molecule has 1 amide bonds. The molecule has 1 N–H and O–H groups in total. The highest BCUT2D eigenvalue weighted by atomic mass is 19.4. The van der Waals surface area contributed by atoms with Crippen molar-refractivity contribution in [1.29, 1.82) is 0 Å². The molecule has 2 aromatic carbocycles. The molecule has 0 spiro atoms. The number of benzene rings is 2. The molecule has 2 aliphatic heterocycles. The highest BCUT2D eigenvalue weighted by Crippen LogP contribution is 2.34. The Morgan fingerprint density at radius 3 is 2.50 bits per heavy atom. The molecular weight excluding hydrogens is 393 g/mol. The van der Waals surface area contributed by atoms with Crippen LogP contribution in [0.5, 0.6) is 5.75 Å². The maximum absolute atomic E-state index is 13.0. The van der Waals surface area contributed by atoms with Crippen LogP contribution in [-0.4, -0.2) is 39.9 Å². The van der Waals surface area contributed by atoms with Crippen molar-refractivity contribution < 1.29 is 23.1 Å². The average molecular weight is 418 g/mol. The number of amides is 1. The van der Waals surface area contributed by atoms with Gasteiger partial charge in [-0.2, -0.15) is 13.2 Å². The van der Waals surface area contributed by atoms with Gasteiger partial charge in [-0.1, -0.05) is 24.3 Å². The Morgan fingerprint density at radius 2 is 1.77 bits per heavy atom. The number of phenolic OH excluding ortho intramolecular Hbond substituents is 1. The zero-order valence-corrected chi connectivity index (χ0v) is 16.6. The van der Waals surface area contributed by atoms with Gasteiger partial charge in [0.05, 0.1) is 5.56 Å². The highest BCUT2D eigenvalue weighted by molar-refractivity contribution is 5.77. The van der Waals surface area contributed by atoms with Gasteiger partial charge in [0.15, 0.2) is 0 Å². The van der Waals surface area contributed by atoms with Gasteiger partial charge in [0.1, 0.15) is 5.75 Å². The second kappa shape index (κ2) is 8.30. The van der Waals surface area contributed by atoms with Crippen molar-refractivity contribution in [2.24, 2.45) is 5.92 Å². The molecule has 160 valence electrons.